The van der Waals surface area contributed by atoms with Crippen molar-refractivity contribution in [3.8, 4) is 5.75 Å². The van der Waals surface area contributed by atoms with Crippen LogP contribution < -0.4 is 4.74 Å². The predicted molar refractivity (Wildman–Crippen MR) is 111 cm³/mol. The summed E-state index contributed by atoms with van der Waals surface area (Å²) in [5.41, 5.74) is 1.81. The fourth-order valence-electron chi connectivity index (χ4n) is 2.42. The van der Waals surface area contributed by atoms with Crippen LogP contribution in [0.4, 0.5) is 5.69 Å². The highest BCUT2D eigenvalue weighted by Gasteiger charge is 2.30. The Morgan fingerprint density at radius 3 is 2.69 bits per heavy atom. The summed E-state index contributed by atoms with van der Waals surface area (Å²) in [6, 6.07) is 15.7. The number of hydrogen-bond acceptors (Lipinski definition) is 5. The van der Waals surface area contributed by atoms with Crippen molar-refractivity contribution >= 4 is 46.4 Å². The first-order chi connectivity index (χ1) is 12.6. The Morgan fingerprint density at radius 1 is 1.23 bits per heavy atom. The number of rotatable bonds is 5. The zero-order valence-corrected chi connectivity index (χ0v) is 16.6. The average Bonchev–Trinajstić information content (AvgIpc) is 2.91. The largest absolute Gasteiger partial charge is 0.494 e. The van der Waals surface area contributed by atoms with Gasteiger partial charge < -0.3 is 4.74 Å². The molecule has 1 heterocycles. The van der Waals surface area contributed by atoms with E-state index >= 15 is 0 Å². The number of carbonyl (C=O) groups is 1. The molecule has 1 aliphatic heterocycles. The predicted octanol–water partition coefficient (Wildman–Crippen LogP) is 5.04. The minimum atomic E-state index is -0.0383. The van der Waals surface area contributed by atoms with E-state index in [1.807, 2.05) is 67.8 Å². The third-order valence-corrected chi connectivity index (χ3v) is 5.56. The van der Waals surface area contributed by atoms with Gasteiger partial charge in [-0.2, -0.15) is 0 Å². The van der Waals surface area contributed by atoms with E-state index in [4.69, 9.17) is 4.74 Å². The van der Waals surface area contributed by atoms with Gasteiger partial charge in [-0.05, 0) is 66.9 Å². The lowest BCUT2D eigenvalue weighted by Crippen LogP contribution is -2.23. The van der Waals surface area contributed by atoms with Gasteiger partial charge in [-0.15, -0.1) is 11.8 Å². The van der Waals surface area contributed by atoms with Gasteiger partial charge >= 0.3 is 0 Å². The molecular weight excluding hydrogens is 364 g/mol. The second-order valence-electron chi connectivity index (χ2n) is 5.57. The lowest BCUT2D eigenvalue weighted by molar-refractivity contribution is -0.121. The number of amidine groups is 1. The van der Waals surface area contributed by atoms with Crippen LogP contribution in [0.2, 0.25) is 0 Å². The smallest absolute Gasteiger partial charge is 0.266 e. The average molecular weight is 385 g/mol. The SMILES string of the molecule is CCOc1ccc(/C=C2/SC(=Nc3cccc(SC)c3)N(C)C2=O)cc1. The van der Waals surface area contributed by atoms with E-state index in [9.17, 15) is 4.79 Å². The van der Waals surface area contributed by atoms with Crippen molar-refractivity contribution in [2.75, 3.05) is 19.9 Å². The van der Waals surface area contributed by atoms with Crippen molar-refractivity contribution in [3.63, 3.8) is 0 Å². The molecule has 0 N–H and O–H groups in total. The van der Waals surface area contributed by atoms with Gasteiger partial charge in [-0.1, -0.05) is 18.2 Å². The van der Waals surface area contributed by atoms with Crippen LogP contribution in [-0.4, -0.2) is 35.9 Å². The van der Waals surface area contributed by atoms with Gasteiger partial charge in [0, 0.05) is 11.9 Å². The van der Waals surface area contributed by atoms with Crippen LogP contribution in [0.1, 0.15) is 12.5 Å². The van der Waals surface area contributed by atoms with Crippen LogP contribution in [0.25, 0.3) is 6.08 Å². The number of thioether (sulfide) groups is 2. The van der Waals surface area contributed by atoms with Gasteiger partial charge in [0.05, 0.1) is 17.2 Å². The number of ether oxygens (including phenoxy) is 1. The van der Waals surface area contributed by atoms with E-state index in [1.165, 1.54) is 11.8 Å². The van der Waals surface area contributed by atoms with Crippen LogP contribution in [0.5, 0.6) is 5.75 Å². The van der Waals surface area contributed by atoms with Crippen molar-refractivity contribution in [1.29, 1.82) is 0 Å². The highest BCUT2D eigenvalue weighted by atomic mass is 32.2. The van der Waals surface area contributed by atoms with Crippen LogP contribution in [0.3, 0.4) is 0 Å². The molecule has 1 aliphatic rings. The summed E-state index contributed by atoms with van der Waals surface area (Å²) >= 11 is 3.06. The summed E-state index contributed by atoms with van der Waals surface area (Å²) in [7, 11) is 1.76. The Labute approximate surface area is 162 Å². The Kier molecular flexibility index (Phi) is 6.06. The standard InChI is InChI=1S/C20H20N2O2S2/c1-4-24-16-10-8-14(9-11-16)12-18-19(23)22(2)20(26-18)21-15-6-5-7-17(13-15)25-3/h5-13H,4H2,1-3H3/b18-12+,21-20?. The normalized spacial score (nSPS) is 17.3. The quantitative estimate of drug-likeness (QED) is 0.535. The summed E-state index contributed by atoms with van der Waals surface area (Å²) in [6.45, 7) is 2.59. The van der Waals surface area contributed by atoms with Crippen LogP contribution in [0.15, 0.2) is 63.3 Å². The number of amides is 1. The second-order valence-corrected chi connectivity index (χ2v) is 7.46. The molecule has 0 aliphatic carbocycles. The zero-order chi connectivity index (χ0) is 18.5. The molecule has 0 aromatic heterocycles. The second kappa shape index (κ2) is 8.47. The minimum Gasteiger partial charge on any atom is -0.494 e. The summed E-state index contributed by atoms with van der Waals surface area (Å²) in [5.74, 6) is 0.789. The Bertz CT molecular complexity index is 860. The molecule has 2 aromatic carbocycles. The van der Waals surface area contributed by atoms with E-state index in [1.54, 1.807) is 23.7 Å². The van der Waals surface area contributed by atoms with E-state index in [-0.39, 0.29) is 5.91 Å². The fourth-order valence-corrected chi connectivity index (χ4v) is 3.86. The lowest BCUT2D eigenvalue weighted by Gasteiger charge is -2.07. The van der Waals surface area contributed by atoms with Crippen molar-refractivity contribution in [1.82, 2.24) is 4.90 Å². The molecule has 1 fully saturated rings. The molecule has 0 atom stereocenters. The number of aliphatic imine (C=N–C) groups is 1. The molecular formula is C20H20N2O2S2. The minimum absolute atomic E-state index is 0.0383. The highest BCUT2D eigenvalue weighted by Crippen LogP contribution is 2.33. The van der Waals surface area contributed by atoms with E-state index in [2.05, 4.69) is 4.99 Å². The van der Waals surface area contributed by atoms with Crippen LogP contribution in [0, 0.1) is 0 Å². The molecule has 0 bridgehead atoms. The maximum absolute atomic E-state index is 12.5. The summed E-state index contributed by atoms with van der Waals surface area (Å²) in [5, 5.41) is 0.686. The number of nitrogens with zero attached hydrogens (tertiary/aromatic N) is 2. The van der Waals surface area contributed by atoms with Crippen molar-refractivity contribution < 1.29 is 9.53 Å². The van der Waals surface area contributed by atoms with Crippen LogP contribution >= 0.6 is 23.5 Å². The van der Waals surface area contributed by atoms with Crippen molar-refractivity contribution in [2.45, 2.75) is 11.8 Å². The van der Waals surface area contributed by atoms with Crippen LogP contribution in [-0.2, 0) is 4.79 Å². The van der Waals surface area contributed by atoms with Crippen molar-refractivity contribution in [2.24, 2.45) is 4.99 Å². The monoisotopic (exact) mass is 384 g/mol. The molecule has 0 unspecified atom stereocenters. The van der Waals surface area contributed by atoms with Gasteiger partial charge in [0.1, 0.15) is 5.75 Å². The number of carbonyl (C=O) groups excluding carboxylic acids is 1. The molecule has 0 spiro atoms. The van der Waals surface area contributed by atoms with Gasteiger partial charge in [-0.3, -0.25) is 9.69 Å². The Morgan fingerprint density at radius 2 is 2.00 bits per heavy atom. The molecule has 0 saturated carbocycles. The molecule has 2 aromatic rings. The van der Waals surface area contributed by atoms with E-state index in [0.717, 1.165) is 21.9 Å². The zero-order valence-electron chi connectivity index (χ0n) is 14.9. The fraction of sp³-hybridized carbons (Fsp3) is 0.200. The maximum atomic E-state index is 12.5. The third-order valence-electron chi connectivity index (χ3n) is 3.77. The molecule has 4 nitrogen and oxygen atoms in total. The number of benzene rings is 2. The lowest BCUT2D eigenvalue weighted by atomic mass is 10.2. The third kappa shape index (κ3) is 4.31. The molecule has 1 saturated heterocycles. The number of likely N-dealkylation sites (N-methyl/N-ethyl adjacent to an activating group) is 1. The summed E-state index contributed by atoms with van der Waals surface area (Å²) in [4.78, 5) is 20.6. The molecule has 1 amide bonds. The first-order valence-corrected chi connectivity index (χ1v) is 10.3. The Balaban J connectivity index is 1.82. The first-order valence-electron chi connectivity index (χ1n) is 8.24. The summed E-state index contributed by atoms with van der Waals surface area (Å²) < 4.78 is 5.45. The molecule has 134 valence electrons. The summed E-state index contributed by atoms with van der Waals surface area (Å²) in [6.07, 6.45) is 3.92. The van der Waals surface area contributed by atoms with Gasteiger partial charge in [-0.25, -0.2) is 4.99 Å². The molecule has 26 heavy (non-hydrogen) atoms. The van der Waals surface area contributed by atoms with Gasteiger partial charge in [0.25, 0.3) is 5.91 Å². The molecule has 0 radical (unpaired) electrons. The van der Waals surface area contributed by atoms with Gasteiger partial charge in [0.2, 0.25) is 0 Å². The molecule has 6 heteroatoms. The highest BCUT2D eigenvalue weighted by molar-refractivity contribution is 8.18. The Hall–Kier alpha value is -2.18. The van der Waals surface area contributed by atoms with E-state index < -0.39 is 0 Å². The first kappa shape index (κ1) is 18.6. The van der Waals surface area contributed by atoms with Gasteiger partial charge in [0.15, 0.2) is 5.17 Å². The maximum Gasteiger partial charge on any atom is 0.266 e. The number of hydrogen-bond donors (Lipinski definition) is 0. The topological polar surface area (TPSA) is 41.9 Å². The van der Waals surface area contributed by atoms with Crippen molar-refractivity contribution in [3.05, 3.63) is 59.0 Å². The van der Waals surface area contributed by atoms with E-state index in [0.29, 0.717) is 16.7 Å². The molecule has 3 rings (SSSR count).